The van der Waals surface area contributed by atoms with Crippen LogP contribution in [0, 0.1) is 0 Å². The minimum absolute atomic E-state index is 0.181. The molecule has 2 atom stereocenters. The SMILES string of the molecule is CCCCCCC/C=C\C/C=C\C/C=C\CCCCCCCCCCC(=O)OC(COC(=O)CCCCCCCCCCCCCCCCCCCCCCCCCCCCCCCCCCC)COC(OCC[N+](C)(C)C)C(=O)O. The number of hydrogen-bond acceptors (Lipinski definition) is 7. The van der Waals surface area contributed by atoms with Crippen LogP contribution in [0.4, 0.5) is 0 Å². The van der Waals surface area contributed by atoms with Crippen LogP contribution >= 0.6 is 0 Å². The second kappa shape index (κ2) is 63.5. The fourth-order valence-corrected chi connectivity index (χ4v) is 10.5. The standard InChI is InChI=1S/C72H135NO8/c1-6-8-10-12-14-16-18-20-22-24-26-28-30-31-32-33-34-35-36-37-38-39-41-42-44-46-48-50-52-54-56-58-60-62-69(74)79-66-68(67-80-72(71(76)77)78-65-64-73(3,4)5)81-70(75)63-61-59-57-55-53-51-49-47-45-43-40-29-27-25-23-21-19-17-15-13-11-9-7-2/h19,21,25,27,40,43,68,72H,6-18,20,22-24,26,28-39,41-42,44-67H2,1-5H3/p+1/b21-19-,27-25-,43-40-. The lowest BCUT2D eigenvalue weighted by Crippen LogP contribution is -2.40. The lowest BCUT2D eigenvalue weighted by molar-refractivity contribution is -0.870. The molecule has 0 heterocycles. The third kappa shape index (κ3) is 64.9. The molecule has 0 aromatic rings. The number of likely N-dealkylation sites (N-methyl/N-ethyl adjacent to an activating group) is 1. The minimum Gasteiger partial charge on any atom is -0.477 e. The van der Waals surface area contributed by atoms with Gasteiger partial charge in [-0.3, -0.25) is 9.59 Å². The third-order valence-corrected chi connectivity index (χ3v) is 15.9. The average molecular weight is 1140 g/mol. The van der Waals surface area contributed by atoms with Gasteiger partial charge in [0.15, 0.2) is 6.10 Å². The summed E-state index contributed by atoms with van der Waals surface area (Å²) in [4.78, 5) is 37.6. The first-order chi connectivity index (χ1) is 39.6. The molecule has 0 aliphatic rings. The van der Waals surface area contributed by atoms with E-state index >= 15 is 0 Å². The van der Waals surface area contributed by atoms with Crippen molar-refractivity contribution < 1.29 is 42.9 Å². The number of nitrogens with zero attached hydrogens (tertiary/aromatic N) is 1. The van der Waals surface area contributed by atoms with Crippen LogP contribution in [-0.4, -0.2) is 87.4 Å². The number of carboxylic acids is 1. The van der Waals surface area contributed by atoms with Crippen molar-refractivity contribution in [2.24, 2.45) is 0 Å². The zero-order chi connectivity index (χ0) is 59.1. The normalized spacial score (nSPS) is 12.9. The van der Waals surface area contributed by atoms with Gasteiger partial charge in [0, 0.05) is 12.8 Å². The Kier molecular flexibility index (Phi) is 61.6. The molecule has 0 rings (SSSR count). The molecular formula is C72H136NO8+. The minimum atomic E-state index is -1.51. The summed E-state index contributed by atoms with van der Waals surface area (Å²) in [7, 11) is 5.98. The third-order valence-electron chi connectivity index (χ3n) is 15.9. The van der Waals surface area contributed by atoms with E-state index < -0.39 is 24.3 Å². The van der Waals surface area contributed by atoms with Crippen molar-refractivity contribution in [3.8, 4) is 0 Å². The lowest BCUT2D eigenvalue weighted by Gasteiger charge is -2.25. The van der Waals surface area contributed by atoms with Gasteiger partial charge in [-0.25, -0.2) is 4.79 Å². The Morgan fingerprint density at radius 1 is 0.370 bits per heavy atom. The van der Waals surface area contributed by atoms with E-state index in [1.807, 2.05) is 21.1 Å². The fourth-order valence-electron chi connectivity index (χ4n) is 10.5. The summed E-state index contributed by atoms with van der Waals surface area (Å²) < 4.78 is 23.0. The Bertz CT molecular complexity index is 1420. The van der Waals surface area contributed by atoms with Crippen molar-refractivity contribution in [1.29, 1.82) is 0 Å². The molecule has 0 radical (unpaired) electrons. The quantitative estimate of drug-likeness (QED) is 0.0211. The van der Waals surface area contributed by atoms with Crippen LogP contribution in [0.2, 0.25) is 0 Å². The van der Waals surface area contributed by atoms with E-state index in [1.54, 1.807) is 0 Å². The van der Waals surface area contributed by atoms with Crippen LogP contribution in [0.3, 0.4) is 0 Å². The highest BCUT2D eigenvalue weighted by atomic mass is 16.7. The molecule has 0 saturated heterocycles. The number of hydrogen-bond donors (Lipinski definition) is 1. The van der Waals surface area contributed by atoms with Crippen molar-refractivity contribution >= 4 is 17.9 Å². The number of carboxylic acid groups (broad SMARTS) is 1. The maximum atomic E-state index is 12.9. The van der Waals surface area contributed by atoms with E-state index in [9.17, 15) is 19.5 Å². The maximum Gasteiger partial charge on any atom is 0.361 e. The molecular weight excluding hydrogens is 1010 g/mol. The molecule has 0 aliphatic carbocycles. The molecule has 0 aromatic carbocycles. The Morgan fingerprint density at radius 2 is 0.667 bits per heavy atom. The van der Waals surface area contributed by atoms with Crippen LogP contribution in [-0.2, 0) is 33.3 Å². The Hall–Kier alpha value is -2.49. The van der Waals surface area contributed by atoms with Crippen molar-refractivity contribution in [2.75, 3.05) is 47.5 Å². The summed E-state index contributed by atoms with van der Waals surface area (Å²) >= 11 is 0. The van der Waals surface area contributed by atoms with E-state index in [0.29, 0.717) is 23.9 Å². The van der Waals surface area contributed by atoms with E-state index in [-0.39, 0.29) is 32.2 Å². The van der Waals surface area contributed by atoms with Crippen molar-refractivity contribution in [3.63, 3.8) is 0 Å². The summed E-state index contributed by atoms with van der Waals surface area (Å²) in [5.41, 5.74) is 0. The number of carbonyl (C=O) groups excluding carboxylic acids is 2. The first-order valence-corrected chi connectivity index (χ1v) is 35.2. The molecule has 9 heteroatoms. The van der Waals surface area contributed by atoms with E-state index in [4.69, 9.17) is 18.9 Å². The highest BCUT2D eigenvalue weighted by molar-refractivity contribution is 5.71. The number of ether oxygens (including phenoxy) is 4. The Labute approximate surface area is 502 Å². The Balaban J connectivity index is 4.05. The monoisotopic (exact) mass is 1140 g/mol. The zero-order valence-electron chi connectivity index (χ0n) is 54.5. The van der Waals surface area contributed by atoms with Gasteiger partial charge in [0.25, 0.3) is 6.29 Å². The molecule has 0 amide bonds. The van der Waals surface area contributed by atoms with E-state index in [0.717, 1.165) is 57.8 Å². The number of esters is 2. The summed E-state index contributed by atoms with van der Waals surface area (Å²) in [5.74, 6) is -1.99. The molecule has 0 fully saturated rings. The van der Waals surface area contributed by atoms with Gasteiger partial charge in [-0.2, -0.15) is 0 Å². The summed E-state index contributed by atoms with van der Waals surface area (Å²) in [6, 6.07) is 0. The van der Waals surface area contributed by atoms with Gasteiger partial charge in [-0.1, -0.05) is 320 Å². The molecule has 0 spiro atoms. The van der Waals surface area contributed by atoms with Crippen LogP contribution in [0.15, 0.2) is 36.5 Å². The van der Waals surface area contributed by atoms with Gasteiger partial charge in [0.2, 0.25) is 0 Å². The summed E-state index contributed by atoms with van der Waals surface area (Å²) in [6.07, 6.45) is 77.0. The maximum absolute atomic E-state index is 12.9. The number of unbranched alkanes of at least 4 members (excludes halogenated alkanes) is 45. The molecule has 81 heavy (non-hydrogen) atoms. The zero-order valence-corrected chi connectivity index (χ0v) is 54.5. The number of carbonyl (C=O) groups is 3. The molecule has 2 unspecified atom stereocenters. The molecule has 476 valence electrons. The second-order valence-corrected chi connectivity index (χ2v) is 25.2. The van der Waals surface area contributed by atoms with E-state index in [1.165, 1.54) is 257 Å². The van der Waals surface area contributed by atoms with Crippen molar-refractivity contribution in [2.45, 2.75) is 360 Å². The smallest absolute Gasteiger partial charge is 0.361 e. The lowest BCUT2D eigenvalue weighted by atomic mass is 10.0. The molecule has 1 N–H and O–H groups in total. The van der Waals surface area contributed by atoms with Crippen LogP contribution in [0.1, 0.15) is 348 Å². The van der Waals surface area contributed by atoms with E-state index in [2.05, 4.69) is 50.3 Å². The average Bonchev–Trinajstić information content (AvgIpc) is 3.44. The van der Waals surface area contributed by atoms with Crippen molar-refractivity contribution in [3.05, 3.63) is 36.5 Å². The first kappa shape index (κ1) is 78.5. The molecule has 9 nitrogen and oxygen atoms in total. The molecule has 0 bridgehead atoms. The number of allylic oxidation sites excluding steroid dienone is 6. The van der Waals surface area contributed by atoms with Gasteiger partial charge in [-0.15, -0.1) is 0 Å². The van der Waals surface area contributed by atoms with Crippen LogP contribution in [0.5, 0.6) is 0 Å². The topological polar surface area (TPSA) is 108 Å². The first-order valence-electron chi connectivity index (χ1n) is 35.2. The number of quaternary nitrogens is 1. The summed E-state index contributed by atoms with van der Waals surface area (Å²) in [6.45, 7) is 4.92. The number of rotatable bonds is 66. The van der Waals surface area contributed by atoms with Gasteiger partial charge >= 0.3 is 17.9 Å². The van der Waals surface area contributed by atoms with Gasteiger partial charge in [0.05, 0.1) is 34.4 Å². The number of aliphatic carboxylic acids is 1. The highest BCUT2D eigenvalue weighted by Crippen LogP contribution is 2.19. The van der Waals surface area contributed by atoms with Crippen LogP contribution in [0.25, 0.3) is 0 Å². The predicted octanol–water partition coefficient (Wildman–Crippen LogP) is 21.6. The molecule has 0 aromatic heterocycles. The predicted molar refractivity (Wildman–Crippen MR) is 346 cm³/mol. The highest BCUT2D eigenvalue weighted by Gasteiger charge is 2.25. The van der Waals surface area contributed by atoms with Crippen molar-refractivity contribution in [1.82, 2.24) is 0 Å². The van der Waals surface area contributed by atoms with Gasteiger partial charge in [0.1, 0.15) is 13.2 Å². The molecule has 0 saturated carbocycles. The largest absolute Gasteiger partial charge is 0.477 e. The van der Waals surface area contributed by atoms with Crippen LogP contribution < -0.4 is 0 Å². The molecule has 0 aliphatic heterocycles. The Morgan fingerprint density at radius 3 is 0.988 bits per heavy atom. The van der Waals surface area contributed by atoms with Gasteiger partial charge < -0.3 is 28.5 Å². The second-order valence-electron chi connectivity index (χ2n) is 25.2. The summed E-state index contributed by atoms with van der Waals surface area (Å²) in [5, 5.41) is 9.74. The van der Waals surface area contributed by atoms with Gasteiger partial charge in [-0.05, 0) is 51.4 Å². The fraction of sp³-hybridized carbons (Fsp3) is 0.875.